The average molecular weight is 270 g/mol. The molecule has 1 amide bonds. The van der Waals surface area contributed by atoms with Gasteiger partial charge in [-0.05, 0) is 27.2 Å². The number of rotatable bonds is 2. The maximum Gasteiger partial charge on any atom is 0.410 e. The molecule has 1 aliphatic rings. The lowest BCUT2D eigenvalue weighted by Gasteiger charge is -2.24. The molecule has 2 rings (SSSR count). The highest BCUT2D eigenvalue weighted by Crippen LogP contribution is 2.19. The lowest BCUT2D eigenvalue weighted by atomic mass is 10.2. The Morgan fingerprint density at radius 1 is 1.61 bits per heavy atom. The first-order valence-electron chi connectivity index (χ1n) is 5.95. The summed E-state index contributed by atoms with van der Waals surface area (Å²) in [6.45, 7) is 6.98. The van der Waals surface area contributed by atoms with Gasteiger partial charge >= 0.3 is 6.09 Å². The Balaban J connectivity index is 1.83. The van der Waals surface area contributed by atoms with Gasteiger partial charge in [0.25, 0.3) is 0 Å². The van der Waals surface area contributed by atoms with Crippen LogP contribution in [0.3, 0.4) is 0 Å². The van der Waals surface area contributed by atoms with E-state index in [4.69, 9.17) is 4.74 Å². The maximum absolute atomic E-state index is 11.9. The van der Waals surface area contributed by atoms with Crippen LogP contribution in [-0.2, 0) is 4.74 Å². The molecule has 7 heteroatoms. The van der Waals surface area contributed by atoms with Crippen LogP contribution in [0, 0.1) is 0 Å². The summed E-state index contributed by atoms with van der Waals surface area (Å²) in [4.78, 5) is 13.6. The molecule has 1 unspecified atom stereocenters. The molecule has 2 heterocycles. The largest absolute Gasteiger partial charge is 0.444 e. The number of carbonyl (C=O) groups is 1. The van der Waals surface area contributed by atoms with Gasteiger partial charge in [0.15, 0.2) is 0 Å². The van der Waals surface area contributed by atoms with Gasteiger partial charge in [-0.15, -0.1) is 10.2 Å². The molecule has 0 aliphatic carbocycles. The number of aromatic nitrogens is 2. The van der Waals surface area contributed by atoms with E-state index in [-0.39, 0.29) is 12.1 Å². The van der Waals surface area contributed by atoms with E-state index in [0.29, 0.717) is 13.1 Å². The molecule has 1 aromatic rings. The third-order valence-corrected chi connectivity index (χ3v) is 3.15. The first-order chi connectivity index (χ1) is 8.44. The van der Waals surface area contributed by atoms with Gasteiger partial charge in [0, 0.05) is 19.1 Å². The van der Waals surface area contributed by atoms with Gasteiger partial charge in [0.2, 0.25) is 5.13 Å². The Hall–Kier alpha value is -1.37. The van der Waals surface area contributed by atoms with Gasteiger partial charge in [-0.25, -0.2) is 4.79 Å². The van der Waals surface area contributed by atoms with Crippen molar-refractivity contribution in [1.29, 1.82) is 0 Å². The number of amides is 1. The average Bonchev–Trinajstić information content (AvgIpc) is 2.86. The van der Waals surface area contributed by atoms with Crippen LogP contribution < -0.4 is 5.32 Å². The third kappa shape index (κ3) is 3.56. The van der Waals surface area contributed by atoms with Crippen molar-refractivity contribution in [2.24, 2.45) is 0 Å². The Morgan fingerprint density at radius 2 is 2.39 bits per heavy atom. The topological polar surface area (TPSA) is 67.3 Å². The standard InChI is InChI=1S/C11H18N4O2S/c1-11(2,3)17-10(16)15-5-4-8(6-15)13-9-14-12-7-18-9/h7-8H,4-6H2,1-3H3,(H,13,14). The summed E-state index contributed by atoms with van der Waals surface area (Å²) in [5.74, 6) is 0. The van der Waals surface area contributed by atoms with E-state index < -0.39 is 5.60 Å². The number of carbonyl (C=O) groups excluding carboxylic acids is 1. The minimum Gasteiger partial charge on any atom is -0.444 e. The highest BCUT2D eigenvalue weighted by molar-refractivity contribution is 7.13. The number of anilines is 1. The fourth-order valence-electron chi connectivity index (χ4n) is 1.78. The number of nitrogens with one attached hydrogen (secondary N) is 1. The smallest absolute Gasteiger partial charge is 0.410 e. The van der Waals surface area contributed by atoms with Crippen molar-refractivity contribution in [2.75, 3.05) is 18.4 Å². The zero-order valence-corrected chi connectivity index (χ0v) is 11.7. The van der Waals surface area contributed by atoms with E-state index in [0.717, 1.165) is 11.6 Å². The predicted octanol–water partition coefficient (Wildman–Crippen LogP) is 1.96. The summed E-state index contributed by atoms with van der Waals surface area (Å²) in [6.07, 6.45) is 0.655. The Labute approximate surface area is 110 Å². The molecule has 18 heavy (non-hydrogen) atoms. The molecule has 1 aromatic heterocycles. The predicted molar refractivity (Wildman–Crippen MR) is 69.7 cm³/mol. The monoisotopic (exact) mass is 270 g/mol. The SMILES string of the molecule is CC(C)(C)OC(=O)N1CCC(Nc2nncs2)C1. The molecule has 0 saturated carbocycles. The Kier molecular flexibility index (Phi) is 3.70. The fourth-order valence-corrected chi connectivity index (χ4v) is 2.30. The maximum atomic E-state index is 11.9. The second-order valence-electron chi connectivity index (χ2n) is 5.30. The zero-order chi connectivity index (χ0) is 13.2. The van der Waals surface area contributed by atoms with Gasteiger partial charge in [0.1, 0.15) is 11.1 Å². The van der Waals surface area contributed by atoms with Crippen molar-refractivity contribution in [3.8, 4) is 0 Å². The summed E-state index contributed by atoms with van der Waals surface area (Å²) < 4.78 is 5.34. The van der Waals surface area contributed by atoms with Crippen molar-refractivity contribution >= 4 is 22.6 Å². The summed E-state index contributed by atoms with van der Waals surface area (Å²) >= 11 is 1.46. The molecular formula is C11H18N4O2S. The molecule has 100 valence electrons. The number of hydrogen-bond donors (Lipinski definition) is 1. The number of hydrogen-bond acceptors (Lipinski definition) is 6. The van der Waals surface area contributed by atoms with E-state index in [1.807, 2.05) is 20.8 Å². The molecular weight excluding hydrogens is 252 g/mol. The molecule has 1 fully saturated rings. The highest BCUT2D eigenvalue weighted by Gasteiger charge is 2.29. The first kappa shape index (κ1) is 13.1. The minimum atomic E-state index is -0.443. The van der Waals surface area contributed by atoms with Crippen molar-refractivity contribution < 1.29 is 9.53 Å². The fraction of sp³-hybridized carbons (Fsp3) is 0.727. The molecule has 1 aliphatic heterocycles. The van der Waals surface area contributed by atoms with Gasteiger partial charge in [-0.3, -0.25) is 0 Å². The molecule has 1 atom stereocenters. The van der Waals surface area contributed by atoms with E-state index in [1.54, 1.807) is 10.4 Å². The third-order valence-electron chi connectivity index (χ3n) is 2.53. The molecule has 6 nitrogen and oxygen atoms in total. The van der Waals surface area contributed by atoms with Gasteiger partial charge in [-0.1, -0.05) is 11.3 Å². The second kappa shape index (κ2) is 5.09. The number of nitrogens with zero attached hydrogens (tertiary/aromatic N) is 3. The van der Waals surface area contributed by atoms with Crippen LogP contribution in [0.1, 0.15) is 27.2 Å². The van der Waals surface area contributed by atoms with Gasteiger partial charge in [0.05, 0.1) is 0 Å². The van der Waals surface area contributed by atoms with Crippen LogP contribution in [0.25, 0.3) is 0 Å². The lowest BCUT2D eigenvalue weighted by molar-refractivity contribution is 0.0293. The van der Waals surface area contributed by atoms with Crippen molar-refractivity contribution in [3.63, 3.8) is 0 Å². The molecule has 1 N–H and O–H groups in total. The molecule has 0 radical (unpaired) electrons. The summed E-state index contributed by atoms with van der Waals surface area (Å²) in [5.41, 5.74) is 1.24. The van der Waals surface area contributed by atoms with Crippen molar-refractivity contribution in [2.45, 2.75) is 38.8 Å². The normalized spacial score (nSPS) is 19.9. The second-order valence-corrected chi connectivity index (χ2v) is 6.13. The zero-order valence-electron chi connectivity index (χ0n) is 10.8. The quantitative estimate of drug-likeness (QED) is 0.889. The molecule has 0 spiro atoms. The Bertz CT molecular complexity index is 402. The van der Waals surface area contributed by atoms with E-state index in [1.165, 1.54) is 11.3 Å². The number of ether oxygens (including phenoxy) is 1. The van der Waals surface area contributed by atoms with Crippen LogP contribution in [0.5, 0.6) is 0 Å². The Morgan fingerprint density at radius 3 is 3.00 bits per heavy atom. The van der Waals surface area contributed by atoms with Crippen LogP contribution in [0.15, 0.2) is 5.51 Å². The van der Waals surface area contributed by atoms with Gasteiger partial charge in [-0.2, -0.15) is 0 Å². The molecule has 1 saturated heterocycles. The van der Waals surface area contributed by atoms with Crippen molar-refractivity contribution in [3.05, 3.63) is 5.51 Å². The van der Waals surface area contributed by atoms with E-state index in [2.05, 4.69) is 15.5 Å². The van der Waals surface area contributed by atoms with Crippen molar-refractivity contribution in [1.82, 2.24) is 15.1 Å². The molecule has 0 bridgehead atoms. The summed E-state index contributed by atoms with van der Waals surface area (Å²) in [7, 11) is 0. The molecule has 0 aromatic carbocycles. The van der Waals surface area contributed by atoms with Gasteiger partial charge < -0.3 is 15.0 Å². The van der Waals surface area contributed by atoms with Crippen LogP contribution in [0.4, 0.5) is 9.93 Å². The van der Waals surface area contributed by atoms with Crippen LogP contribution in [0.2, 0.25) is 0 Å². The highest BCUT2D eigenvalue weighted by atomic mass is 32.1. The minimum absolute atomic E-state index is 0.227. The van der Waals surface area contributed by atoms with Crippen LogP contribution >= 0.6 is 11.3 Å². The summed E-state index contributed by atoms with van der Waals surface area (Å²) in [5, 5.41) is 11.8. The summed E-state index contributed by atoms with van der Waals surface area (Å²) in [6, 6.07) is 0.227. The number of likely N-dealkylation sites (tertiary alicyclic amines) is 1. The van der Waals surface area contributed by atoms with E-state index >= 15 is 0 Å². The first-order valence-corrected chi connectivity index (χ1v) is 6.82. The lowest BCUT2D eigenvalue weighted by Crippen LogP contribution is -2.36. The van der Waals surface area contributed by atoms with Crippen LogP contribution in [-0.4, -0.2) is 45.9 Å². The van der Waals surface area contributed by atoms with E-state index in [9.17, 15) is 4.79 Å².